The number of nitrogens with one attached hydrogen (secondary N) is 1. The monoisotopic (exact) mass is 174 g/mol. The first-order chi connectivity index (χ1) is 6.17. The molecule has 66 valence electrons. The Morgan fingerprint density at radius 1 is 1.54 bits per heavy atom. The highest BCUT2D eigenvalue weighted by atomic mass is 16.1. The first-order valence-corrected chi connectivity index (χ1v) is 3.76. The summed E-state index contributed by atoms with van der Waals surface area (Å²) in [6.07, 6.45) is 5.19. The van der Waals surface area contributed by atoms with E-state index in [9.17, 15) is 4.79 Å². The third-order valence-electron chi connectivity index (χ3n) is 1.61. The van der Waals surface area contributed by atoms with E-state index < -0.39 is 0 Å². The normalized spacial score (nSPS) is 8.92. The Morgan fingerprint density at radius 3 is 2.77 bits per heavy atom. The van der Waals surface area contributed by atoms with Gasteiger partial charge in [-0.25, -0.2) is 0 Å². The number of carbonyl (C=O) groups is 1. The quantitative estimate of drug-likeness (QED) is 0.484. The van der Waals surface area contributed by atoms with Crippen LogP contribution in [-0.2, 0) is 0 Å². The van der Waals surface area contributed by atoms with Crippen molar-refractivity contribution in [1.29, 1.82) is 0 Å². The first kappa shape index (κ1) is 9.14. The van der Waals surface area contributed by atoms with E-state index in [0.29, 0.717) is 16.8 Å². The molecule has 0 saturated heterocycles. The first-order valence-electron chi connectivity index (χ1n) is 3.76. The maximum atomic E-state index is 11.2. The molecule has 0 heterocycles. The number of benzene rings is 1. The second-order valence-electron chi connectivity index (χ2n) is 2.57. The molecule has 0 aliphatic rings. The molecule has 0 spiro atoms. The molecule has 1 aromatic rings. The molecule has 0 atom stereocenters. The number of hydrogen-bond acceptors (Lipinski definition) is 2. The van der Waals surface area contributed by atoms with Crippen LogP contribution in [0.25, 0.3) is 0 Å². The van der Waals surface area contributed by atoms with Crippen molar-refractivity contribution in [1.82, 2.24) is 5.32 Å². The van der Waals surface area contributed by atoms with Gasteiger partial charge in [0.25, 0.3) is 5.91 Å². The third kappa shape index (κ3) is 2.00. The van der Waals surface area contributed by atoms with Gasteiger partial charge in [-0.1, -0.05) is 5.92 Å². The van der Waals surface area contributed by atoms with Crippen molar-refractivity contribution in [2.24, 2.45) is 0 Å². The molecule has 0 unspecified atom stereocenters. The highest BCUT2D eigenvalue weighted by Crippen LogP contribution is 2.10. The highest BCUT2D eigenvalue weighted by Gasteiger charge is 2.04. The Bertz CT molecular complexity index is 377. The summed E-state index contributed by atoms with van der Waals surface area (Å²) in [6.45, 7) is 0. The van der Waals surface area contributed by atoms with Crippen LogP contribution in [-0.4, -0.2) is 13.0 Å². The number of terminal acetylenes is 1. The van der Waals surface area contributed by atoms with Gasteiger partial charge in [-0.3, -0.25) is 4.79 Å². The minimum atomic E-state index is -0.191. The van der Waals surface area contributed by atoms with Crippen LogP contribution < -0.4 is 11.1 Å². The zero-order valence-electron chi connectivity index (χ0n) is 7.29. The lowest BCUT2D eigenvalue weighted by molar-refractivity contribution is 0.0963. The van der Waals surface area contributed by atoms with Gasteiger partial charge in [-0.15, -0.1) is 6.42 Å². The maximum absolute atomic E-state index is 11.2. The minimum Gasteiger partial charge on any atom is -0.399 e. The molecule has 0 aromatic heterocycles. The number of nitrogen functional groups attached to an aromatic ring is 1. The second-order valence-corrected chi connectivity index (χ2v) is 2.57. The zero-order valence-corrected chi connectivity index (χ0v) is 7.29. The third-order valence-corrected chi connectivity index (χ3v) is 1.61. The summed E-state index contributed by atoms with van der Waals surface area (Å²) in [5, 5.41) is 2.50. The van der Waals surface area contributed by atoms with E-state index in [1.807, 2.05) is 0 Å². The van der Waals surface area contributed by atoms with Crippen molar-refractivity contribution >= 4 is 11.6 Å². The number of amides is 1. The molecule has 3 N–H and O–H groups in total. The SMILES string of the molecule is C#Cc1cc(N)cc(C(=O)NC)c1. The maximum Gasteiger partial charge on any atom is 0.251 e. The van der Waals surface area contributed by atoms with Crippen molar-refractivity contribution in [3.05, 3.63) is 29.3 Å². The molecule has 0 saturated carbocycles. The largest absolute Gasteiger partial charge is 0.399 e. The fourth-order valence-corrected chi connectivity index (χ4v) is 1.01. The Labute approximate surface area is 76.9 Å². The van der Waals surface area contributed by atoms with E-state index in [4.69, 9.17) is 12.2 Å². The van der Waals surface area contributed by atoms with Gasteiger partial charge in [0.15, 0.2) is 0 Å². The van der Waals surface area contributed by atoms with Crippen LogP contribution in [0.2, 0.25) is 0 Å². The van der Waals surface area contributed by atoms with Crippen LogP contribution in [0.15, 0.2) is 18.2 Å². The van der Waals surface area contributed by atoms with Crippen LogP contribution in [0.1, 0.15) is 15.9 Å². The van der Waals surface area contributed by atoms with Crippen LogP contribution in [0, 0.1) is 12.3 Å². The summed E-state index contributed by atoms with van der Waals surface area (Å²) in [6, 6.07) is 4.85. The van der Waals surface area contributed by atoms with Gasteiger partial charge in [0.2, 0.25) is 0 Å². The Kier molecular flexibility index (Phi) is 2.56. The van der Waals surface area contributed by atoms with E-state index in [0.717, 1.165) is 0 Å². The summed E-state index contributed by atoms with van der Waals surface area (Å²) >= 11 is 0. The number of rotatable bonds is 1. The molecule has 3 nitrogen and oxygen atoms in total. The van der Waals surface area contributed by atoms with E-state index in [-0.39, 0.29) is 5.91 Å². The Balaban J connectivity index is 3.17. The topological polar surface area (TPSA) is 55.1 Å². The van der Waals surface area contributed by atoms with Gasteiger partial charge >= 0.3 is 0 Å². The van der Waals surface area contributed by atoms with Crippen LogP contribution in [0.3, 0.4) is 0 Å². The second kappa shape index (κ2) is 3.63. The number of anilines is 1. The van der Waals surface area contributed by atoms with Crippen molar-refractivity contribution in [3.63, 3.8) is 0 Å². The molecule has 0 aliphatic carbocycles. The van der Waals surface area contributed by atoms with Crippen molar-refractivity contribution in [2.75, 3.05) is 12.8 Å². The Morgan fingerprint density at radius 2 is 2.23 bits per heavy atom. The van der Waals surface area contributed by atoms with E-state index in [1.165, 1.54) is 0 Å². The standard InChI is InChI=1S/C10H10N2O/c1-3-7-4-8(10(13)12-2)6-9(11)5-7/h1,4-6H,11H2,2H3,(H,12,13). The fourth-order valence-electron chi connectivity index (χ4n) is 1.01. The predicted molar refractivity (Wildman–Crippen MR) is 52.2 cm³/mol. The van der Waals surface area contributed by atoms with Gasteiger partial charge in [-0.05, 0) is 18.2 Å². The molecular formula is C10H10N2O. The molecule has 0 aliphatic heterocycles. The van der Waals surface area contributed by atoms with E-state index in [2.05, 4.69) is 11.2 Å². The lowest BCUT2D eigenvalue weighted by atomic mass is 10.1. The van der Waals surface area contributed by atoms with Gasteiger partial charge < -0.3 is 11.1 Å². The molecule has 0 bridgehead atoms. The van der Waals surface area contributed by atoms with E-state index in [1.54, 1.807) is 25.2 Å². The average molecular weight is 174 g/mol. The van der Waals surface area contributed by atoms with Crippen molar-refractivity contribution < 1.29 is 4.79 Å². The van der Waals surface area contributed by atoms with Crippen LogP contribution in [0.5, 0.6) is 0 Å². The average Bonchev–Trinajstić information content (AvgIpc) is 2.15. The highest BCUT2D eigenvalue weighted by molar-refractivity contribution is 5.95. The summed E-state index contributed by atoms with van der Waals surface area (Å²) in [5.74, 6) is 2.24. The predicted octanol–water partition coefficient (Wildman–Crippen LogP) is 0.610. The summed E-state index contributed by atoms with van der Waals surface area (Å²) in [5.41, 5.74) is 7.14. The molecule has 1 rings (SSSR count). The molecule has 1 amide bonds. The minimum absolute atomic E-state index is 0.191. The molecule has 0 radical (unpaired) electrons. The number of carbonyl (C=O) groups excluding carboxylic acids is 1. The van der Waals surface area contributed by atoms with E-state index >= 15 is 0 Å². The molecule has 0 fully saturated rings. The summed E-state index contributed by atoms with van der Waals surface area (Å²) in [7, 11) is 1.56. The molecular weight excluding hydrogens is 164 g/mol. The number of nitrogens with two attached hydrogens (primary N) is 1. The smallest absolute Gasteiger partial charge is 0.251 e. The van der Waals surface area contributed by atoms with Gasteiger partial charge in [0.1, 0.15) is 0 Å². The van der Waals surface area contributed by atoms with Crippen LogP contribution >= 0.6 is 0 Å². The van der Waals surface area contributed by atoms with Gasteiger partial charge in [-0.2, -0.15) is 0 Å². The zero-order chi connectivity index (χ0) is 9.84. The summed E-state index contributed by atoms with van der Waals surface area (Å²) < 4.78 is 0. The van der Waals surface area contributed by atoms with Crippen molar-refractivity contribution in [3.8, 4) is 12.3 Å². The van der Waals surface area contributed by atoms with Gasteiger partial charge in [0.05, 0.1) is 0 Å². The lowest BCUT2D eigenvalue weighted by Gasteiger charge is -2.02. The molecule has 3 heteroatoms. The number of hydrogen-bond donors (Lipinski definition) is 2. The molecule has 13 heavy (non-hydrogen) atoms. The Hall–Kier alpha value is -1.95. The fraction of sp³-hybridized carbons (Fsp3) is 0.100. The van der Waals surface area contributed by atoms with Crippen molar-refractivity contribution in [2.45, 2.75) is 0 Å². The van der Waals surface area contributed by atoms with Gasteiger partial charge in [0, 0.05) is 23.9 Å². The lowest BCUT2D eigenvalue weighted by Crippen LogP contribution is -2.18. The van der Waals surface area contributed by atoms with Crippen LogP contribution in [0.4, 0.5) is 5.69 Å². The molecule has 1 aromatic carbocycles. The summed E-state index contributed by atoms with van der Waals surface area (Å²) in [4.78, 5) is 11.2.